The summed E-state index contributed by atoms with van der Waals surface area (Å²) in [5, 5.41) is 9.87. The first-order valence-electron chi connectivity index (χ1n) is 9.65. The van der Waals surface area contributed by atoms with E-state index >= 15 is 0 Å². The Kier molecular flexibility index (Phi) is 4.84. The summed E-state index contributed by atoms with van der Waals surface area (Å²) in [6, 6.07) is 13.8. The summed E-state index contributed by atoms with van der Waals surface area (Å²) in [4.78, 5) is 28.0. The van der Waals surface area contributed by atoms with Crippen molar-refractivity contribution in [1.29, 1.82) is 0 Å². The number of carbonyl (C=O) groups is 2. The minimum atomic E-state index is -0.691. The first kappa shape index (κ1) is 19.2. The summed E-state index contributed by atoms with van der Waals surface area (Å²) in [6.45, 7) is 4.86. The molecule has 0 aliphatic heterocycles. The van der Waals surface area contributed by atoms with Crippen LogP contribution in [0.2, 0.25) is 0 Å². The number of aromatic nitrogens is 1. The van der Waals surface area contributed by atoms with Crippen LogP contribution in [-0.4, -0.2) is 28.4 Å². The lowest BCUT2D eigenvalue weighted by atomic mass is 10.0. The number of H-pyrrole nitrogens is 1. The van der Waals surface area contributed by atoms with Crippen LogP contribution in [0.1, 0.15) is 61.8 Å². The molecule has 2 aromatic carbocycles. The van der Waals surface area contributed by atoms with Crippen molar-refractivity contribution in [2.75, 3.05) is 6.61 Å². The van der Waals surface area contributed by atoms with E-state index in [0.29, 0.717) is 22.4 Å². The Hall–Kier alpha value is -3.18. The van der Waals surface area contributed by atoms with Gasteiger partial charge in [0, 0.05) is 16.8 Å². The molecule has 29 heavy (non-hydrogen) atoms. The number of nitrogens with one attached hydrogen (secondary N) is 1. The van der Waals surface area contributed by atoms with Crippen molar-refractivity contribution >= 4 is 11.8 Å². The highest BCUT2D eigenvalue weighted by Crippen LogP contribution is 2.36. The summed E-state index contributed by atoms with van der Waals surface area (Å²) in [7, 11) is 0. The van der Waals surface area contributed by atoms with Crippen molar-refractivity contribution in [3.63, 3.8) is 0 Å². The molecule has 1 heterocycles. The van der Waals surface area contributed by atoms with Crippen molar-refractivity contribution in [3.8, 4) is 11.1 Å². The zero-order valence-corrected chi connectivity index (χ0v) is 16.7. The topological polar surface area (TPSA) is 79.4 Å². The minimum Gasteiger partial charge on any atom is -0.453 e. The maximum absolute atomic E-state index is 12.6. The van der Waals surface area contributed by atoms with Crippen LogP contribution in [0.4, 0.5) is 0 Å². The molecular formula is C24H23NO4. The Bertz CT molecular complexity index is 1120. The largest absolute Gasteiger partial charge is 0.453 e. The number of ether oxygens (including phenoxy) is 1. The molecule has 1 aromatic heterocycles. The number of rotatable bonds is 5. The van der Waals surface area contributed by atoms with Gasteiger partial charge >= 0.3 is 5.97 Å². The monoisotopic (exact) mass is 389 g/mol. The van der Waals surface area contributed by atoms with Crippen LogP contribution < -0.4 is 0 Å². The molecule has 5 nitrogen and oxygen atoms in total. The Balaban J connectivity index is 1.49. The van der Waals surface area contributed by atoms with E-state index in [2.05, 4.69) is 17.1 Å². The molecule has 1 atom stereocenters. The number of esters is 1. The zero-order valence-electron chi connectivity index (χ0n) is 16.7. The SMILES string of the molecule is Cc1[nH]c(C(=O)OCC(=O)c2ccc3c(c2)-c2ccccc2C3)c(C)c1[C@@H](C)O. The smallest absolute Gasteiger partial charge is 0.355 e. The van der Waals surface area contributed by atoms with Crippen LogP contribution in [0.5, 0.6) is 0 Å². The van der Waals surface area contributed by atoms with Crippen molar-refractivity contribution in [2.24, 2.45) is 0 Å². The quantitative estimate of drug-likeness (QED) is 0.394. The number of Topliss-reactive ketones (excluding diaryl/α,β-unsaturated/α-hetero) is 1. The van der Waals surface area contributed by atoms with E-state index in [1.54, 1.807) is 26.8 Å². The van der Waals surface area contributed by atoms with Gasteiger partial charge in [-0.3, -0.25) is 4.79 Å². The van der Waals surface area contributed by atoms with Gasteiger partial charge in [-0.2, -0.15) is 0 Å². The Morgan fingerprint density at radius 2 is 1.83 bits per heavy atom. The first-order chi connectivity index (χ1) is 13.9. The molecule has 1 aliphatic carbocycles. The van der Waals surface area contributed by atoms with E-state index in [1.807, 2.05) is 24.3 Å². The number of hydrogen-bond acceptors (Lipinski definition) is 4. The lowest BCUT2D eigenvalue weighted by Gasteiger charge is -2.07. The van der Waals surface area contributed by atoms with Gasteiger partial charge in [0.25, 0.3) is 0 Å². The number of fused-ring (bicyclic) bond motifs is 3. The Morgan fingerprint density at radius 3 is 2.55 bits per heavy atom. The van der Waals surface area contributed by atoms with Gasteiger partial charge in [-0.05, 0) is 61.1 Å². The maximum Gasteiger partial charge on any atom is 0.355 e. The Labute approximate surface area is 169 Å². The van der Waals surface area contributed by atoms with Gasteiger partial charge in [-0.1, -0.05) is 36.4 Å². The second-order valence-electron chi connectivity index (χ2n) is 7.54. The highest BCUT2D eigenvalue weighted by atomic mass is 16.5. The summed E-state index contributed by atoms with van der Waals surface area (Å²) in [5.41, 5.74) is 7.50. The lowest BCUT2D eigenvalue weighted by molar-refractivity contribution is 0.0468. The third kappa shape index (κ3) is 3.38. The third-order valence-corrected chi connectivity index (χ3v) is 5.57. The summed E-state index contributed by atoms with van der Waals surface area (Å²) in [5.74, 6) is -0.848. The molecule has 5 heteroatoms. The number of aryl methyl sites for hydroxylation is 1. The van der Waals surface area contributed by atoms with Gasteiger partial charge in [-0.25, -0.2) is 4.79 Å². The van der Waals surface area contributed by atoms with Gasteiger partial charge in [0.15, 0.2) is 12.4 Å². The molecular weight excluding hydrogens is 366 g/mol. The second-order valence-corrected chi connectivity index (χ2v) is 7.54. The average Bonchev–Trinajstić information content (AvgIpc) is 3.22. The molecule has 148 valence electrons. The van der Waals surface area contributed by atoms with Crippen molar-refractivity contribution < 1.29 is 19.4 Å². The highest BCUT2D eigenvalue weighted by molar-refractivity contribution is 6.00. The molecule has 2 N–H and O–H groups in total. The lowest BCUT2D eigenvalue weighted by Crippen LogP contribution is -2.15. The molecule has 0 amide bonds. The van der Waals surface area contributed by atoms with Crippen LogP contribution in [0.3, 0.4) is 0 Å². The summed E-state index contributed by atoms with van der Waals surface area (Å²) < 4.78 is 5.26. The van der Waals surface area contributed by atoms with Crippen molar-refractivity contribution in [1.82, 2.24) is 4.98 Å². The number of aliphatic hydroxyl groups is 1. The standard InChI is InChI=1S/C24H23NO4/c1-13-22(15(3)26)14(2)25-23(13)24(28)29-12-21(27)18-9-8-17-10-16-6-4-5-7-19(16)20(17)11-18/h4-9,11,15,25-26H,10,12H2,1-3H3/t15-/m1/s1. The van der Waals surface area contributed by atoms with Gasteiger partial charge in [0.1, 0.15) is 5.69 Å². The van der Waals surface area contributed by atoms with Crippen LogP contribution in [0.25, 0.3) is 11.1 Å². The molecule has 3 aromatic rings. The number of ketones is 1. The van der Waals surface area contributed by atoms with Crippen molar-refractivity contribution in [3.05, 3.63) is 81.7 Å². The number of benzene rings is 2. The molecule has 0 radical (unpaired) electrons. The molecule has 4 rings (SSSR count). The fraction of sp³-hybridized carbons (Fsp3) is 0.250. The van der Waals surface area contributed by atoms with Gasteiger partial charge in [-0.15, -0.1) is 0 Å². The molecule has 0 unspecified atom stereocenters. The second kappa shape index (κ2) is 7.33. The third-order valence-electron chi connectivity index (χ3n) is 5.57. The number of hydrogen-bond donors (Lipinski definition) is 2. The highest BCUT2D eigenvalue weighted by Gasteiger charge is 2.23. The predicted octanol–water partition coefficient (Wildman–Crippen LogP) is 4.30. The molecule has 0 fully saturated rings. The maximum atomic E-state index is 12.6. The first-order valence-corrected chi connectivity index (χ1v) is 9.65. The van der Waals surface area contributed by atoms with Gasteiger partial charge in [0.05, 0.1) is 6.10 Å². The summed E-state index contributed by atoms with van der Waals surface area (Å²) in [6.07, 6.45) is 0.176. The molecule has 1 aliphatic rings. The number of carbonyl (C=O) groups excluding carboxylic acids is 2. The van der Waals surface area contributed by atoms with E-state index in [4.69, 9.17) is 4.74 Å². The average molecular weight is 389 g/mol. The van der Waals surface area contributed by atoms with E-state index in [-0.39, 0.29) is 18.1 Å². The van der Waals surface area contributed by atoms with Crippen molar-refractivity contribution in [2.45, 2.75) is 33.3 Å². The number of aliphatic hydroxyl groups excluding tert-OH is 1. The van der Waals surface area contributed by atoms with Crippen LogP contribution in [0, 0.1) is 13.8 Å². The van der Waals surface area contributed by atoms with Crippen LogP contribution in [-0.2, 0) is 11.2 Å². The van der Waals surface area contributed by atoms with E-state index < -0.39 is 12.1 Å². The minimum absolute atomic E-state index is 0.248. The van der Waals surface area contributed by atoms with Crippen LogP contribution in [0.15, 0.2) is 42.5 Å². The molecule has 0 bridgehead atoms. The normalized spacial score (nSPS) is 13.0. The van der Waals surface area contributed by atoms with E-state index in [1.165, 1.54) is 11.1 Å². The Morgan fingerprint density at radius 1 is 1.10 bits per heavy atom. The zero-order chi connectivity index (χ0) is 20.7. The van der Waals surface area contributed by atoms with E-state index in [9.17, 15) is 14.7 Å². The number of aromatic amines is 1. The fourth-order valence-electron chi connectivity index (χ4n) is 4.18. The van der Waals surface area contributed by atoms with Gasteiger partial charge < -0.3 is 14.8 Å². The molecule has 0 saturated heterocycles. The summed E-state index contributed by atoms with van der Waals surface area (Å²) >= 11 is 0. The molecule has 0 saturated carbocycles. The fourth-order valence-corrected chi connectivity index (χ4v) is 4.18. The molecule has 0 spiro atoms. The van der Waals surface area contributed by atoms with Crippen LogP contribution >= 0.6 is 0 Å². The predicted molar refractivity (Wildman–Crippen MR) is 110 cm³/mol. The van der Waals surface area contributed by atoms with E-state index in [0.717, 1.165) is 17.5 Å². The van der Waals surface area contributed by atoms with Gasteiger partial charge in [0.2, 0.25) is 0 Å².